The average molecular weight is 512 g/mol. The minimum absolute atomic E-state index is 0.180. The second kappa shape index (κ2) is 15.7. The molecule has 190 valence electrons. The van der Waals surface area contributed by atoms with E-state index in [4.69, 9.17) is 10.8 Å². The maximum atomic E-state index is 12.7. The molecule has 9 N–H and O–H groups in total. The van der Waals surface area contributed by atoms with Gasteiger partial charge in [-0.05, 0) is 32.3 Å². The monoisotopic (exact) mass is 511 g/mol. The fourth-order valence-electron chi connectivity index (χ4n) is 2.36. The molecule has 4 amide bonds. The van der Waals surface area contributed by atoms with Crippen molar-refractivity contribution in [2.24, 2.45) is 5.73 Å². The van der Waals surface area contributed by atoms with Crippen LogP contribution in [0.25, 0.3) is 0 Å². The lowest BCUT2D eigenvalue weighted by Crippen LogP contribution is -2.58. The van der Waals surface area contributed by atoms with Gasteiger partial charge in [0.2, 0.25) is 23.6 Å². The number of thiol groups is 1. The van der Waals surface area contributed by atoms with Gasteiger partial charge in [0.1, 0.15) is 18.1 Å². The lowest BCUT2D eigenvalue weighted by atomic mass is 10.1. The number of hydrogen-bond acceptors (Lipinski definition) is 10. The third kappa shape index (κ3) is 11.6. The second-order valence-electron chi connectivity index (χ2n) is 7.19. The van der Waals surface area contributed by atoms with Crippen LogP contribution in [0.2, 0.25) is 0 Å². The van der Waals surface area contributed by atoms with E-state index in [0.29, 0.717) is 5.75 Å². The first-order valence-electron chi connectivity index (χ1n) is 9.97. The molecular formula is C18H33N5O8S2. The Morgan fingerprint density at radius 2 is 1.52 bits per heavy atom. The van der Waals surface area contributed by atoms with Crippen LogP contribution in [0.1, 0.15) is 20.3 Å². The molecule has 0 spiro atoms. The molecule has 0 saturated heterocycles. The van der Waals surface area contributed by atoms with Crippen molar-refractivity contribution in [2.75, 3.05) is 24.3 Å². The Morgan fingerprint density at radius 3 is 1.97 bits per heavy atom. The topological polar surface area (TPSA) is 220 Å². The zero-order valence-electron chi connectivity index (χ0n) is 18.6. The highest BCUT2D eigenvalue weighted by Gasteiger charge is 2.30. The van der Waals surface area contributed by atoms with E-state index in [1.807, 2.05) is 0 Å². The number of nitrogens with two attached hydrogens (primary N) is 1. The van der Waals surface area contributed by atoms with Gasteiger partial charge in [-0.2, -0.15) is 24.4 Å². The number of carboxylic acids is 1. The summed E-state index contributed by atoms with van der Waals surface area (Å²) in [5.41, 5.74) is 5.47. The van der Waals surface area contributed by atoms with E-state index in [-0.39, 0.29) is 12.2 Å². The Hall–Kier alpha value is -2.07. The summed E-state index contributed by atoms with van der Waals surface area (Å²) < 4.78 is 0. The lowest BCUT2D eigenvalue weighted by Gasteiger charge is -2.24. The highest BCUT2D eigenvalue weighted by Crippen LogP contribution is 2.03. The standard InChI is InChI=1S/C18H33N5O8S2/c1-8(24)13(19)17(29)20-6-12(26)21-10(4-5-33-3)15(27)22-11(7-32)16(28)23-14(9(2)25)18(30)31/h8-11,13-14,24-25,32H,4-7,19H2,1-3H3,(H,20,29)(H,21,26)(H,22,27)(H,23,28)(H,30,31)/t8-,9-,10+,11+,13+,14+/m1/s1. The third-order valence-electron chi connectivity index (χ3n) is 4.37. The smallest absolute Gasteiger partial charge is 0.328 e. The average Bonchev–Trinajstić information content (AvgIpc) is 2.75. The predicted molar refractivity (Wildman–Crippen MR) is 125 cm³/mol. The van der Waals surface area contributed by atoms with Gasteiger partial charge in [0.05, 0.1) is 18.8 Å². The largest absolute Gasteiger partial charge is 0.480 e. The number of thioether (sulfide) groups is 1. The van der Waals surface area contributed by atoms with E-state index < -0.39 is 72.5 Å². The summed E-state index contributed by atoms with van der Waals surface area (Å²) in [6, 6.07) is -5.10. The zero-order chi connectivity index (χ0) is 25.7. The van der Waals surface area contributed by atoms with Gasteiger partial charge in [-0.15, -0.1) is 0 Å². The Morgan fingerprint density at radius 1 is 0.939 bits per heavy atom. The van der Waals surface area contributed by atoms with Crippen molar-refractivity contribution in [3.63, 3.8) is 0 Å². The number of carbonyl (C=O) groups excluding carboxylic acids is 4. The number of carboxylic acid groups (broad SMARTS) is 1. The van der Waals surface area contributed by atoms with Gasteiger partial charge in [-0.3, -0.25) is 19.2 Å². The maximum absolute atomic E-state index is 12.7. The normalized spacial score (nSPS) is 16.3. The van der Waals surface area contributed by atoms with Crippen LogP contribution < -0.4 is 27.0 Å². The third-order valence-corrected chi connectivity index (χ3v) is 5.38. The Labute approximate surface area is 201 Å². The van der Waals surface area contributed by atoms with E-state index >= 15 is 0 Å². The van der Waals surface area contributed by atoms with Crippen molar-refractivity contribution in [3.05, 3.63) is 0 Å². The van der Waals surface area contributed by atoms with Crippen molar-refractivity contribution >= 4 is 54.0 Å². The van der Waals surface area contributed by atoms with E-state index in [9.17, 15) is 34.2 Å². The molecule has 0 rings (SSSR count). The van der Waals surface area contributed by atoms with E-state index in [1.54, 1.807) is 6.26 Å². The quantitative estimate of drug-likeness (QED) is 0.0983. The SMILES string of the molecule is CSCC[C@H](NC(=O)CNC(=O)[C@@H](N)[C@@H](C)O)C(=O)N[C@@H](CS)C(=O)N[C@H](C(=O)O)[C@@H](C)O. The summed E-state index contributed by atoms with van der Waals surface area (Å²) in [6.45, 7) is 2.02. The van der Waals surface area contributed by atoms with Gasteiger partial charge in [-0.1, -0.05) is 0 Å². The molecule has 0 fully saturated rings. The highest BCUT2D eigenvalue weighted by molar-refractivity contribution is 7.98. The van der Waals surface area contributed by atoms with Crippen molar-refractivity contribution in [1.82, 2.24) is 21.3 Å². The molecule has 0 aliphatic carbocycles. The number of amides is 4. The van der Waals surface area contributed by atoms with Crippen LogP contribution in [0.3, 0.4) is 0 Å². The van der Waals surface area contributed by atoms with Crippen LogP contribution in [0, 0.1) is 0 Å². The summed E-state index contributed by atoms with van der Waals surface area (Å²) in [6.07, 6.45) is -0.507. The van der Waals surface area contributed by atoms with Crippen molar-refractivity contribution < 1.29 is 39.3 Å². The number of nitrogens with one attached hydrogen (secondary N) is 4. The molecule has 0 aliphatic heterocycles. The summed E-state index contributed by atoms with van der Waals surface area (Å²) in [5, 5.41) is 37.1. The predicted octanol–water partition coefficient (Wildman–Crippen LogP) is -3.59. The second-order valence-corrected chi connectivity index (χ2v) is 8.55. The van der Waals surface area contributed by atoms with Crippen LogP contribution >= 0.6 is 24.4 Å². The summed E-state index contributed by atoms with van der Waals surface area (Å²) >= 11 is 5.41. The molecular weight excluding hydrogens is 478 g/mol. The molecule has 0 saturated carbocycles. The van der Waals surface area contributed by atoms with Crippen LogP contribution in [0.4, 0.5) is 0 Å². The highest BCUT2D eigenvalue weighted by atomic mass is 32.2. The number of aliphatic hydroxyl groups is 2. The van der Waals surface area contributed by atoms with E-state index in [1.165, 1.54) is 25.6 Å². The van der Waals surface area contributed by atoms with Crippen molar-refractivity contribution in [3.8, 4) is 0 Å². The number of carbonyl (C=O) groups is 5. The zero-order valence-corrected chi connectivity index (χ0v) is 20.3. The molecule has 0 aliphatic rings. The molecule has 0 aromatic rings. The molecule has 0 radical (unpaired) electrons. The Bertz CT molecular complexity index is 695. The maximum Gasteiger partial charge on any atom is 0.328 e. The molecule has 0 aromatic carbocycles. The van der Waals surface area contributed by atoms with Crippen molar-refractivity contribution in [1.29, 1.82) is 0 Å². The summed E-state index contributed by atoms with van der Waals surface area (Å²) in [7, 11) is 0. The molecule has 0 aromatic heterocycles. The van der Waals surface area contributed by atoms with E-state index in [2.05, 4.69) is 33.9 Å². The number of hydrogen-bond donors (Lipinski definition) is 9. The number of aliphatic carboxylic acids is 1. The molecule has 6 atom stereocenters. The van der Waals surface area contributed by atoms with Gasteiger partial charge in [0.25, 0.3) is 0 Å². The first-order valence-corrected chi connectivity index (χ1v) is 12.0. The first-order chi connectivity index (χ1) is 15.3. The Balaban J connectivity index is 5.11. The number of rotatable bonds is 15. The van der Waals surface area contributed by atoms with Gasteiger partial charge in [0.15, 0.2) is 6.04 Å². The molecule has 0 unspecified atom stereocenters. The molecule has 0 bridgehead atoms. The van der Waals surface area contributed by atoms with E-state index in [0.717, 1.165) is 0 Å². The van der Waals surface area contributed by atoms with Crippen LogP contribution in [0.15, 0.2) is 0 Å². The van der Waals surface area contributed by atoms with Gasteiger partial charge in [0, 0.05) is 5.75 Å². The van der Waals surface area contributed by atoms with Gasteiger partial charge in [-0.25, -0.2) is 4.79 Å². The fourth-order valence-corrected chi connectivity index (χ4v) is 3.09. The first kappa shape index (κ1) is 30.9. The number of aliphatic hydroxyl groups excluding tert-OH is 2. The Kier molecular flexibility index (Phi) is 14.7. The summed E-state index contributed by atoms with van der Waals surface area (Å²) in [4.78, 5) is 60.2. The van der Waals surface area contributed by atoms with Crippen LogP contribution in [-0.4, -0.2) is 106 Å². The fraction of sp³-hybridized carbons (Fsp3) is 0.722. The summed E-state index contributed by atoms with van der Waals surface area (Å²) in [5.74, 6) is -4.19. The lowest BCUT2D eigenvalue weighted by molar-refractivity contribution is -0.145. The molecule has 33 heavy (non-hydrogen) atoms. The van der Waals surface area contributed by atoms with Gasteiger partial charge >= 0.3 is 5.97 Å². The van der Waals surface area contributed by atoms with Crippen LogP contribution in [0.5, 0.6) is 0 Å². The van der Waals surface area contributed by atoms with Gasteiger partial charge < -0.3 is 42.3 Å². The molecule has 0 heterocycles. The molecule has 13 nitrogen and oxygen atoms in total. The van der Waals surface area contributed by atoms with Crippen LogP contribution in [-0.2, 0) is 24.0 Å². The van der Waals surface area contributed by atoms with Crippen molar-refractivity contribution in [2.45, 2.75) is 56.6 Å². The minimum Gasteiger partial charge on any atom is -0.480 e. The minimum atomic E-state index is -1.58. The molecule has 15 heteroatoms.